The molecule has 1 fully saturated rings. The maximum absolute atomic E-state index is 11.8. The highest BCUT2D eigenvalue weighted by Gasteiger charge is 2.37. The molecule has 0 spiro atoms. The number of unbranched alkanes of at least 4 members (excludes halogenated alkanes) is 2. The first-order valence-corrected chi connectivity index (χ1v) is 6.10. The van der Waals surface area contributed by atoms with Gasteiger partial charge in [-0.3, -0.25) is 9.59 Å². The maximum Gasteiger partial charge on any atom is 0.308 e. The molecule has 0 radical (unpaired) electrons. The van der Waals surface area contributed by atoms with Crippen LogP contribution in [0.1, 0.15) is 46.0 Å². The third-order valence-corrected chi connectivity index (χ3v) is 3.39. The molecular formula is C12H21NO3. The minimum absolute atomic E-state index is 0.115. The zero-order valence-corrected chi connectivity index (χ0v) is 10.1. The summed E-state index contributed by atoms with van der Waals surface area (Å²) in [6, 6.07) is -0.147. The molecule has 92 valence electrons. The molecule has 4 heteroatoms. The quantitative estimate of drug-likeness (QED) is 0.730. The van der Waals surface area contributed by atoms with Gasteiger partial charge in [0.1, 0.15) is 0 Å². The van der Waals surface area contributed by atoms with Gasteiger partial charge < -0.3 is 10.0 Å². The van der Waals surface area contributed by atoms with Crippen LogP contribution < -0.4 is 0 Å². The number of hydrogen-bond acceptors (Lipinski definition) is 2. The van der Waals surface area contributed by atoms with Crippen LogP contribution in [-0.4, -0.2) is 34.5 Å². The van der Waals surface area contributed by atoms with Gasteiger partial charge in [-0.15, -0.1) is 0 Å². The molecule has 2 unspecified atom stereocenters. The first kappa shape index (κ1) is 13.0. The molecule has 0 aromatic heterocycles. The molecule has 0 aromatic rings. The van der Waals surface area contributed by atoms with Crippen molar-refractivity contribution in [3.63, 3.8) is 0 Å². The Morgan fingerprint density at radius 3 is 2.56 bits per heavy atom. The van der Waals surface area contributed by atoms with Crippen LogP contribution in [0.2, 0.25) is 0 Å². The number of nitrogens with zero attached hydrogens (tertiary/aromatic N) is 1. The number of likely N-dealkylation sites (tertiary alicyclic amines) is 1. The minimum Gasteiger partial charge on any atom is -0.481 e. The van der Waals surface area contributed by atoms with E-state index in [1.165, 1.54) is 0 Å². The second-order valence-electron chi connectivity index (χ2n) is 4.52. The first-order chi connectivity index (χ1) is 7.57. The lowest BCUT2D eigenvalue weighted by Crippen LogP contribution is -2.37. The van der Waals surface area contributed by atoms with Gasteiger partial charge in [0.2, 0.25) is 5.91 Å². The topological polar surface area (TPSA) is 57.6 Å². The van der Waals surface area contributed by atoms with Crippen molar-refractivity contribution in [2.24, 2.45) is 5.92 Å². The van der Waals surface area contributed by atoms with Crippen LogP contribution in [0.5, 0.6) is 0 Å². The van der Waals surface area contributed by atoms with Crippen LogP contribution in [-0.2, 0) is 9.59 Å². The summed E-state index contributed by atoms with van der Waals surface area (Å²) in [6.45, 7) is 4.54. The summed E-state index contributed by atoms with van der Waals surface area (Å²) >= 11 is 0. The summed E-state index contributed by atoms with van der Waals surface area (Å²) in [5.41, 5.74) is 0. The van der Waals surface area contributed by atoms with Crippen molar-refractivity contribution in [1.82, 2.24) is 4.90 Å². The molecule has 0 aromatic carbocycles. The van der Waals surface area contributed by atoms with E-state index in [0.29, 0.717) is 19.4 Å². The number of aliphatic carboxylic acids is 1. The Kier molecular flexibility index (Phi) is 4.77. The monoisotopic (exact) mass is 227 g/mol. The number of hydrogen-bond donors (Lipinski definition) is 1. The summed E-state index contributed by atoms with van der Waals surface area (Å²) in [7, 11) is 0. The van der Waals surface area contributed by atoms with Crippen molar-refractivity contribution < 1.29 is 14.7 Å². The van der Waals surface area contributed by atoms with Gasteiger partial charge in [0.15, 0.2) is 0 Å². The number of carbonyl (C=O) groups is 2. The Hall–Kier alpha value is -1.06. The molecule has 1 aliphatic heterocycles. The van der Waals surface area contributed by atoms with E-state index in [4.69, 9.17) is 5.11 Å². The average molecular weight is 227 g/mol. The fourth-order valence-corrected chi connectivity index (χ4v) is 2.29. The third-order valence-electron chi connectivity index (χ3n) is 3.39. The van der Waals surface area contributed by atoms with Crippen molar-refractivity contribution in [2.75, 3.05) is 6.54 Å². The van der Waals surface area contributed by atoms with Crippen molar-refractivity contribution in [1.29, 1.82) is 0 Å². The summed E-state index contributed by atoms with van der Waals surface area (Å²) in [4.78, 5) is 24.5. The number of carbonyl (C=O) groups excluding carboxylic acids is 1. The van der Waals surface area contributed by atoms with E-state index in [-0.39, 0.29) is 17.9 Å². The predicted octanol–water partition coefficient (Wildman–Crippen LogP) is 1.89. The Labute approximate surface area is 96.6 Å². The van der Waals surface area contributed by atoms with Gasteiger partial charge >= 0.3 is 5.97 Å². The van der Waals surface area contributed by atoms with E-state index < -0.39 is 5.97 Å². The van der Waals surface area contributed by atoms with Crippen molar-refractivity contribution in [3.05, 3.63) is 0 Å². The van der Waals surface area contributed by atoms with Crippen molar-refractivity contribution in [2.45, 2.75) is 52.0 Å². The van der Waals surface area contributed by atoms with Crippen LogP contribution in [0.3, 0.4) is 0 Å². The Morgan fingerprint density at radius 1 is 1.38 bits per heavy atom. The summed E-state index contributed by atoms with van der Waals surface area (Å²) in [5.74, 6) is -1.05. The largest absolute Gasteiger partial charge is 0.481 e. The molecule has 1 aliphatic rings. The molecular weight excluding hydrogens is 206 g/mol. The van der Waals surface area contributed by atoms with Crippen LogP contribution in [0.25, 0.3) is 0 Å². The molecule has 0 saturated carbocycles. The average Bonchev–Trinajstić information content (AvgIpc) is 2.60. The van der Waals surface area contributed by atoms with Gasteiger partial charge in [0.05, 0.1) is 5.92 Å². The Balaban J connectivity index is 2.43. The molecule has 1 rings (SSSR count). The summed E-state index contributed by atoms with van der Waals surface area (Å²) in [6.07, 6.45) is 4.23. The zero-order valence-electron chi connectivity index (χ0n) is 10.1. The number of rotatable bonds is 5. The first-order valence-electron chi connectivity index (χ1n) is 6.10. The van der Waals surface area contributed by atoms with E-state index >= 15 is 0 Å². The van der Waals surface area contributed by atoms with E-state index in [1.807, 2.05) is 6.92 Å². The van der Waals surface area contributed by atoms with Gasteiger partial charge in [-0.2, -0.15) is 0 Å². The molecule has 1 heterocycles. The molecule has 16 heavy (non-hydrogen) atoms. The van der Waals surface area contributed by atoms with E-state index in [0.717, 1.165) is 19.3 Å². The van der Waals surface area contributed by atoms with Gasteiger partial charge in [-0.25, -0.2) is 0 Å². The Bertz CT molecular complexity index is 265. The highest BCUT2D eigenvalue weighted by atomic mass is 16.4. The lowest BCUT2D eigenvalue weighted by Gasteiger charge is -2.23. The van der Waals surface area contributed by atoms with Gasteiger partial charge in [-0.05, 0) is 19.8 Å². The third kappa shape index (κ3) is 2.97. The van der Waals surface area contributed by atoms with Gasteiger partial charge in [-0.1, -0.05) is 19.8 Å². The summed E-state index contributed by atoms with van der Waals surface area (Å²) < 4.78 is 0. The van der Waals surface area contributed by atoms with Crippen molar-refractivity contribution >= 4 is 11.9 Å². The molecule has 2 atom stereocenters. The van der Waals surface area contributed by atoms with Gasteiger partial charge in [0.25, 0.3) is 0 Å². The second-order valence-corrected chi connectivity index (χ2v) is 4.52. The predicted molar refractivity (Wildman–Crippen MR) is 61.1 cm³/mol. The lowest BCUT2D eigenvalue weighted by atomic mass is 10.0. The number of carboxylic acid groups (broad SMARTS) is 1. The lowest BCUT2D eigenvalue weighted by molar-refractivity contribution is -0.143. The highest BCUT2D eigenvalue weighted by molar-refractivity contribution is 5.79. The van der Waals surface area contributed by atoms with Crippen LogP contribution in [0.4, 0.5) is 0 Å². The SMILES string of the molecule is CCCCCC(=O)N1CCC(C(=O)O)C1C. The number of amides is 1. The zero-order chi connectivity index (χ0) is 12.1. The standard InChI is InChI=1S/C12H21NO3/c1-3-4-5-6-11(14)13-8-7-10(9(13)2)12(15)16/h9-10H,3-8H2,1-2H3,(H,15,16). The van der Waals surface area contributed by atoms with Crippen LogP contribution in [0.15, 0.2) is 0 Å². The second kappa shape index (κ2) is 5.87. The Morgan fingerprint density at radius 2 is 2.06 bits per heavy atom. The molecule has 1 amide bonds. The van der Waals surface area contributed by atoms with E-state index in [2.05, 4.69) is 6.92 Å². The molecule has 1 N–H and O–H groups in total. The highest BCUT2D eigenvalue weighted by Crippen LogP contribution is 2.25. The molecule has 1 saturated heterocycles. The van der Waals surface area contributed by atoms with Gasteiger partial charge in [0, 0.05) is 19.0 Å². The van der Waals surface area contributed by atoms with Crippen LogP contribution in [0, 0.1) is 5.92 Å². The minimum atomic E-state index is -0.781. The van der Waals surface area contributed by atoms with Crippen LogP contribution >= 0.6 is 0 Å². The maximum atomic E-state index is 11.8. The smallest absolute Gasteiger partial charge is 0.308 e. The molecule has 4 nitrogen and oxygen atoms in total. The number of carboxylic acids is 1. The molecule has 0 aliphatic carbocycles. The van der Waals surface area contributed by atoms with E-state index in [9.17, 15) is 9.59 Å². The normalized spacial score (nSPS) is 24.8. The molecule has 0 bridgehead atoms. The fourth-order valence-electron chi connectivity index (χ4n) is 2.29. The fraction of sp³-hybridized carbons (Fsp3) is 0.833. The van der Waals surface area contributed by atoms with E-state index in [1.54, 1.807) is 4.90 Å². The summed E-state index contributed by atoms with van der Waals surface area (Å²) in [5, 5.41) is 8.96. The van der Waals surface area contributed by atoms with Crippen molar-refractivity contribution in [3.8, 4) is 0 Å².